The van der Waals surface area contributed by atoms with Gasteiger partial charge in [0.1, 0.15) is 11.5 Å². The Labute approximate surface area is 254 Å². The van der Waals surface area contributed by atoms with Gasteiger partial charge >= 0.3 is 6.16 Å². The highest BCUT2D eigenvalue weighted by molar-refractivity contribution is 9.10. The van der Waals surface area contributed by atoms with E-state index in [1.54, 1.807) is 36.4 Å². The molecule has 0 bridgehead atoms. The number of carbonyl (C=O) groups is 1. The number of nitro groups is 2. The van der Waals surface area contributed by atoms with Crippen molar-refractivity contribution in [1.82, 2.24) is 0 Å². The van der Waals surface area contributed by atoms with Crippen LogP contribution in [0.25, 0.3) is 0 Å². The second kappa shape index (κ2) is 12.8. The normalized spacial score (nSPS) is 10.7. The lowest BCUT2D eigenvalue weighted by atomic mass is 10.0. The Morgan fingerprint density at radius 1 is 0.650 bits per heavy atom. The number of benzene rings is 4. The lowest BCUT2D eigenvalue weighted by Crippen LogP contribution is -2.16. The zero-order chi connectivity index (χ0) is 29.0. The van der Waals surface area contributed by atoms with Gasteiger partial charge in [0.05, 0.1) is 9.85 Å². The topological polar surface area (TPSA) is 122 Å². The highest BCUT2D eigenvalue weighted by Crippen LogP contribution is 2.33. The molecular weight excluding hydrogens is 695 g/mol. The number of rotatable bonds is 8. The van der Waals surface area contributed by atoms with Gasteiger partial charge in [-0.15, -0.1) is 0 Å². The fourth-order valence-electron chi connectivity index (χ4n) is 3.80. The number of halogens is 4. The zero-order valence-electron chi connectivity index (χ0n) is 20.1. The minimum Gasteiger partial charge on any atom is -0.394 e. The summed E-state index contributed by atoms with van der Waals surface area (Å²) in [5, 5.41) is 23.7. The van der Waals surface area contributed by atoms with E-state index in [9.17, 15) is 25.0 Å². The zero-order valence-corrected chi connectivity index (χ0v) is 24.8. The summed E-state index contributed by atoms with van der Waals surface area (Å²) in [6, 6.07) is 17.8. The van der Waals surface area contributed by atoms with Crippen LogP contribution in [0.1, 0.15) is 22.3 Å². The third-order valence-corrected chi connectivity index (χ3v) is 7.69. The number of hydrogen-bond acceptors (Lipinski definition) is 7. The Morgan fingerprint density at radius 3 is 1.43 bits per heavy atom. The number of carbonyl (C=O) groups excluding carboxylic acids is 1. The van der Waals surface area contributed by atoms with Crippen LogP contribution in [-0.4, -0.2) is 16.0 Å². The Balaban J connectivity index is 1.64. The van der Waals surface area contributed by atoms with Gasteiger partial charge in [-0.1, -0.05) is 55.1 Å². The molecule has 0 atom stereocenters. The number of non-ortho nitro benzene ring substituents is 2. The van der Waals surface area contributed by atoms with Crippen molar-refractivity contribution in [2.45, 2.75) is 12.8 Å². The molecule has 0 radical (unpaired) electrons. The van der Waals surface area contributed by atoms with E-state index in [-0.39, 0.29) is 35.7 Å². The van der Waals surface area contributed by atoms with Gasteiger partial charge in [-0.25, -0.2) is 4.79 Å². The summed E-state index contributed by atoms with van der Waals surface area (Å²) >= 11 is 19.1. The second-order valence-electron chi connectivity index (χ2n) is 8.38. The fraction of sp³-hybridized carbons (Fsp3) is 0.0741. The summed E-state index contributed by atoms with van der Waals surface area (Å²) in [5.74, 6) is 0.0621. The third kappa shape index (κ3) is 7.36. The highest BCUT2D eigenvalue weighted by Gasteiger charge is 2.20. The van der Waals surface area contributed by atoms with Gasteiger partial charge in [0, 0.05) is 67.2 Å². The van der Waals surface area contributed by atoms with Crippen molar-refractivity contribution in [2.75, 3.05) is 0 Å². The summed E-state index contributed by atoms with van der Waals surface area (Å²) in [7, 11) is 0. The van der Waals surface area contributed by atoms with E-state index in [4.69, 9.17) is 32.7 Å². The van der Waals surface area contributed by atoms with E-state index in [2.05, 4.69) is 31.9 Å². The van der Waals surface area contributed by atoms with Crippen molar-refractivity contribution in [3.8, 4) is 11.5 Å². The highest BCUT2D eigenvalue weighted by atomic mass is 79.9. The van der Waals surface area contributed by atoms with Crippen molar-refractivity contribution in [2.24, 2.45) is 0 Å². The second-order valence-corrected chi connectivity index (χ2v) is 11.0. The molecule has 0 aliphatic heterocycles. The summed E-state index contributed by atoms with van der Waals surface area (Å²) in [5.41, 5.74) is 1.69. The molecule has 0 N–H and O–H groups in total. The Hall–Kier alpha value is -3.51. The molecule has 204 valence electrons. The van der Waals surface area contributed by atoms with Crippen LogP contribution in [0.4, 0.5) is 16.2 Å². The lowest BCUT2D eigenvalue weighted by molar-refractivity contribution is -0.385. The molecule has 0 unspecified atom stereocenters. The van der Waals surface area contributed by atoms with Crippen molar-refractivity contribution < 1.29 is 24.1 Å². The summed E-state index contributed by atoms with van der Waals surface area (Å²) in [4.78, 5) is 34.6. The first-order valence-corrected chi connectivity index (χ1v) is 13.7. The van der Waals surface area contributed by atoms with Crippen LogP contribution < -0.4 is 9.47 Å². The molecule has 0 amide bonds. The fourth-order valence-corrected chi connectivity index (χ4v) is 4.97. The number of nitro benzene ring substituents is 2. The van der Waals surface area contributed by atoms with Crippen LogP contribution in [0.3, 0.4) is 0 Å². The first-order chi connectivity index (χ1) is 19.0. The summed E-state index contributed by atoms with van der Waals surface area (Å²) in [6.45, 7) is 0. The minimum absolute atomic E-state index is 0.0310. The first-order valence-electron chi connectivity index (χ1n) is 11.3. The van der Waals surface area contributed by atoms with Crippen LogP contribution in [0.5, 0.6) is 11.5 Å². The minimum atomic E-state index is -1.14. The molecule has 0 saturated carbocycles. The van der Waals surface area contributed by atoms with Crippen molar-refractivity contribution in [3.05, 3.63) is 134 Å². The maximum absolute atomic E-state index is 12.9. The van der Waals surface area contributed by atoms with Crippen LogP contribution in [0.2, 0.25) is 10.0 Å². The molecule has 0 fully saturated rings. The predicted octanol–water partition coefficient (Wildman–Crippen LogP) is 9.09. The first kappa shape index (κ1) is 29.5. The van der Waals surface area contributed by atoms with Gasteiger partial charge in [-0.3, -0.25) is 20.2 Å². The van der Waals surface area contributed by atoms with Crippen LogP contribution >= 0.6 is 55.1 Å². The largest absolute Gasteiger partial charge is 0.519 e. The molecule has 0 heterocycles. The van der Waals surface area contributed by atoms with Gasteiger partial charge < -0.3 is 9.47 Å². The Morgan fingerprint density at radius 2 is 1.05 bits per heavy atom. The molecule has 0 aromatic heterocycles. The molecule has 0 aliphatic carbocycles. The number of nitrogens with zero attached hydrogens (tertiary/aromatic N) is 2. The maximum Gasteiger partial charge on any atom is 0.519 e. The van der Waals surface area contributed by atoms with Gasteiger partial charge in [0.2, 0.25) is 0 Å². The SMILES string of the molecule is O=C(Oc1ccc([N+](=O)[O-])cc1Cc1cc(Cl)ccc1Br)Oc1ccc([N+](=O)[O-])cc1Cc1cc(Cl)ccc1Br. The van der Waals surface area contributed by atoms with E-state index in [0.29, 0.717) is 41.2 Å². The van der Waals surface area contributed by atoms with Crippen LogP contribution in [0.15, 0.2) is 81.7 Å². The molecule has 9 nitrogen and oxygen atoms in total. The van der Waals surface area contributed by atoms with Crippen molar-refractivity contribution in [3.63, 3.8) is 0 Å². The Kier molecular flexibility index (Phi) is 9.41. The lowest BCUT2D eigenvalue weighted by Gasteiger charge is -2.14. The summed E-state index contributed by atoms with van der Waals surface area (Å²) < 4.78 is 12.3. The molecule has 4 rings (SSSR count). The maximum atomic E-state index is 12.9. The molecule has 4 aromatic rings. The van der Waals surface area contributed by atoms with Crippen LogP contribution in [0, 0.1) is 20.2 Å². The van der Waals surface area contributed by atoms with Crippen LogP contribution in [-0.2, 0) is 12.8 Å². The standard InChI is InChI=1S/C27H16Br2Cl2N2O7/c28-23-5-1-19(30)11-15(23)9-17-13-21(32(35)36)3-7-25(17)39-27(34)40-26-8-4-22(33(37)38)14-18(26)10-16-12-20(31)2-6-24(16)29/h1-8,11-14H,9-10H2. The molecule has 0 saturated heterocycles. The molecular formula is C27H16Br2Cl2N2O7. The molecule has 0 spiro atoms. The Bertz CT molecular complexity index is 1530. The van der Waals surface area contributed by atoms with Gasteiger partial charge in [-0.2, -0.15) is 0 Å². The molecule has 40 heavy (non-hydrogen) atoms. The average Bonchev–Trinajstić information content (AvgIpc) is 2.90. The molecule has 4 aromatic carbocycles. The third-order valence-electron chi connectivity index (χ3n) is 5.67. The van der Waals surface area contributed by atoms with Gasteiger partial charge in [0.15, 0.2) is 0 Å². The number of ether oxygens (including phenoxy) is 2. The molecule has 13 heteroatoms. The molecule has 0 aliphatic rings. The van der Waals surface area contributed by atoms with E-state index >= 15 is 0 Å². The van der Waals surface area contributed by atoms with Crippen molar-refractivity contribution >= 4 is 72.6 Å². The number of hydrogen-bond donors (Lipinski definition) is 0. The average molecular weight is 711 g/mol. The monoisotopic (exact) mass is 708 g/mol. The van der Waals surface area contributed by atoms with E-state index in [1.165, 1.54) is 36.4 Å². The quantitative estimate of drug-likeness (QED) is 0.0774. The summed E-state index contributed by atoms with van der Waals surface area (Å²) in [6.07, 6.45) is -0.839. The van der Waals surface area contributed by atoms with Gasteiger partial charge in [0.25, 0.3) is 11.4 Å². The van der Waals surface area contributed by atoms with E-state index in [0.717, 1.165) is 0 Å². The van der Waals surface area contributed by atoms with E-state index < -0.39 is 16.0 Å². The smallest absolute Gasteiger partial charge is 0.394 e. The van der Waals surface area contributed by atoms with Gasteiger partial charge in [-0.05, 0) is 59.7 Å². The predicted molar refractivity (Wildman–Crippen MR) is 157 cm³/mol. The van der Waals surface area contributed by atoms with E-state index in [1.807, 2.05) is 0 Å². The van der Waals surface area contributed by atoms with Crippen molar-refractivity contribution in [1.29, 1.82) is 0 Å².